The Morgan fingerprint density at radius 1 is 0.780 bits per heavy atom. The molecule has 8 nitrogen and oxygen atoms in total. The van der Waals surface area contributed by atoms with Crippen LogP contribution in [0.2, 0.25) is 0 Å². The maximum absolute atomic E-state index is 12.6. The van der Waals surface area contributed by atoms with Crippen LogP contribution >= 0.6 is 7.82 Å². The van der Waals surface area contributed by atoms with Crippen molar-refractivity contribution in [2.24, 2.45) is 5.73 Å². The zero-order valence-corrected chi connectivity index (χ0v) is 27.2. The summed E-state index contributed by atoms with van der Waals surface area (Å²) < 4.78 is 21.9. The van der Waals surface area contributed by atoms with Crippen LogP contribution < -0.4 is 11.1 Å². The summed E-state index contributed by atoms with van der Waals surface area (Å²) in [6, 6.07) is -0.868. The highest BCUT2D eigenvalue weighted by molar-refractivity contribution is 7.47. The van der Waals surface area contributed by atoms with Gasteiger partial charge in [-0.05, 0) is 32.1 Å². The zero-order chi connectivity index (χ0) is 30.4. The van der Waals surface area contributed by atoms with Gasteiger partial charge in [0.2, 0.25) is 5.91 Å². The molecule has 1 amide bonds. The minimum Gasteiger partial charge on any atom is -0.387 e. The number of unbranched alkanes of at least 4 members (excludes halogenated alkanes) is 16. The van der Waals surface area contributed by atoms with E-state index >= 15 is 0 Å². The van der Waals surface area contributed by atoms with Gasteiger partial charge in [0.15, 0.2) is 0 Å². The summed E-state index contributed by atoms with van der Waals surface area (Å²) in [6.07, 6.45) is 29.4. The number of rotatable bonds is 30. The van der Waals surface area contributed by atoms with Gasteiger partial charge in [-0.25, -0.2) is 4.57 Å². The predicted molar refractivity (Wildman–Crippen MR) is 171 cm³/mol. The van der Waals surface area contributed by atoms with Crippen LogP contribution in [0.4, 0.5) is 0 Å². The van der Waals surface area contributed by atoms with E-state index in [2.05, 4.69) is 31.3 Å². The predicted octanol–water partition coefficient (Wildman–Crippen LogP) is 7.88. The highest BCUT2D eigenvalue weighted by Gasteiger charge is 2.26. The molecule has 41 heavy (non-hydrogen) atoms. The van der Waals surface area contributed by atoms with E-state index in [1.807, 2.05) is 6.08 Å². The Morgan fingerprint density at radius 3 is 1.88 bits per heavy atom. The minimum absolute atomic E-state index is 0.0751. The normalized spacial score (nSPS) is 15.0. The molecule has 0 saturated carbocycles. The van der Waals surface area contributed by atoms with Gasteiger partial charge in [-0.2, -0.15) is 0 Å². The molecule has 5 N–H and O–H groups in total. The van der Waals surface area contributed by atoms with Crippen LogP contribution in [0.15, 0.2) is 24.3 Å². The highest BCUT2D eigenvalue weighted by atomic mass is 31.2. The molecule has 0 bridgehead atoms. The lowest BCUT2D eigenvalue weighted by Crippen LogP contribution is -2.45. The van der Waals surface area contributed by atoms with Gasteiger partial charge in [0, 0.05) is 13.0 Å². The molecule has 242 valence electrons. The standard InChI is InChI=1S/C32H63N2O6P/c1-3-5-7-9-11-13-15-16-17-19-21-23-25-31(35)30(29-40-41(37,38)39-28-27-33)34-32(36)26-24-22-20-18-14-12-10-8-6-4-2/h16-17,23,25,30-31,35H,3-15,18-22,24,26-29,33H2,1-2H3,(H,34,36)(H,37,38)/b17-16+,25-23+. The Labute approximate surface area is 251 Å². The quantitative estimate of drug-likeness (QED) is 0.0374. The van der Waals surface area contributed by atoms with Crippen LogP contribution in [0.25, 0.3) is 0 Å². The molecule has 0 spiro atoms. The summed E-state index contributed by atoms with van der Waals surface area (Å²) in [4.78, 5) is 22.4. The summed E-state index contributed by atoms with van der Waals surface area (Å²) >= 11 is 0. The lowest BCUT2D eigenvalue weighted by molar-refractivity contribution is -0.123. The topological polar surface area (TPSA) is 131 Å². The van der Waals surface area contributed by atoms with E-state index in [1.165, 1.54) is 83.5 Å². The van der Waals surface area contributed by atoms with Crippen molar-refractivity contribution >= 4 is 13.7 Å². The molecule has 0 aliphatic rings. The number of aliphatic hydroxyl groups is 1. The third kappa shape index (κ3) is 27.6. The van der Waals surface area contributed by atoms with Crippen molar-refractivity contribution in [2.75, 3.05) is 19.8 Å². The molecule has 3 atom stereocenters. The van der Waals surface area contributed by atoms with Crippen LogP contribution in [0.5, 0.6) is 0 Å². The van der Waals surface area contributed by atoms with Gasteiger partial charge in [0.25, 0.3) is 0 Å². The third-order valence-corrected chi connectivity index (χ3v) is 8.01. The summed E-state index contributed by atoms with van der Waals surface area (Å²) in [5, 5.41) is 13.5. The number of nitrogens with one attached hydrogen (secondary N) is 1. The molecule has 0 fully saturated rings. The highest BCUT2D eigenvalue weighted by Crippen LogP contribution is 2.43. The molecule has 0 aromatic rings. The fourth-order valence-corrected chi connectivity index (χ4v) is 5.26. The second kappa shape index (κ2) is 29.1. The van der Waals surface area contributed by atoms with Crippen LogP contribution in [0.1, 0.15) is 142 Å². The molecular formula is C32H63N2O6P. The van der Waals surface area contributed by atoms with Crippen molar-refractivity contribution in [1.29, 1.82) is 0 Å². The van der Waals surface area contributed by atoms with E-state index in [9.17, 15) is 19.4 Å². The molecule has 9 heteroatoms. The number of amides is 1. The molecule has 0 heterocycles. The monoisotopic (exact) mass is 602 g/mol. The number of carbonyl (C=O) groups is 1. The fraction of sp³-hybridized carbons (Fsp3) is 0.844. The molecule has 0 aromatic carbocycles. The fourth-order valence-electron chi connectivity index (χ4n) is 4.50. The Balaban J connectivity index is 4.49. The second-order valence-corrected chi connectivity index (χ2v) is 12.5. The summed E-state index contributed by atoms with van der Waals surface area (Å²) in [5.41, 5.74) is 5.33. The Bertz CT molecular complexity index is 704. The zero-order valence-electron chi connectivity index (χ0n) is 26.3. The number of allylic oxidation sites excluding steroid dienone is 3. The van der Waals surface area contributed by atoms with Gasteiger partial charge in [-0.1, -0.05) is 128 Å². The SMILES string of the molecule is CCCCCCCC/C=C/CC/C=C/C(O)C(COP(=O)(O)OCCN)NC(=O)CCCCCCCCCCCC. The summed E-state index contributed by atoms with van der Waals surface area (Å²) in [6.45, 7) is 4.05. The van der Waals surface area contributed by atoms with E-state index in [-0.39, 0.29) is 25.7 Å². The van der Waals surface area contributed by atoms with Gasteiger partial charge < -0.3 is 21.1 Å². The van der Waals surface area contributed by atoms with Crippen LogP contribution in [-0.4, -0.2) is 47.8 Å². The first kappa shape index (κ1) is 40.0. The molecule has 0 aliphatic carbocycles. The number of phosphoric ester groups is 1. The lowest BCUT2D eigenvalue weighted by Gasteiger charge is -2.23. The van der Waals surface area contributed by atoms with Crippen molar-refractivity contribution in [3.8, 4) is 0 Å². The Morgan fingerprint density at radius 2 is 1.29 bits per heavy atom. The number of hydrogen-bond donors (Lipinski definition) is 4. The maximum Gasteiger partial charge on any atom is 0.472 e. The van der Waals surface area contributed by atoms with Crippen molar-refractivity contribution in [2.45, 2.75) is 154 Å². The van der Waals surface area contributed by atoms with Crippen LogP contribution in [0.3, 0.4) is 0 Å². The van der Waals surface area contributed by atoms with Crippen LogP contribution in [0, 0.1) is 0 Å². The Kier molecular flexibility index (Phi) is 28.3. The van der Waals surface area contributed by atoms with Crippen molar-refractivity contribution in [1.82, 2.24) is 5.32 Å². The van der Waals surface area contributed by atoms with Crippen molar-refractivity contribution in [3.05, 3.63) is 24.3 Å². The molecule has 0 rings (SSSR count). The van der Waals surface area contributed by atoms with E-state index in [4.69, 9.17) is 14.8 Å². The van der Waals surface area contributed by atoms with Gasteiger partial charge >= 0.3 is 7.82 Å². The first-order chi connectivity index (χ1) is 19.9. The molecule has 0 radical (unpaired) electrons. The average Bonchev–Trinajstić information content (AvgIpc) is 2.95. The number of aliphatic hydroxyl groups excluding tert-OH is 1. The van der Waals surface area contributed by atoms with Gasteiger partial charge in [0.05, 0.1) is 25.4 Å². The van der Waals surface area contributed by atoms with Gasteiger partial charge in [-0.15, -0.1) is 0 Å². The largest absolute Gasteiger partial charge is 0.472 e. The number of phosphoric acid groups is 1. The lowest BCUT2D eigenvalue weighted by atomic mass is 10.1. The van der Waals surface area contributed by atoms with Crippen LogP contribution in [-0.2, 0) is 18.4 Å². The average molecular weight is 603 g/mol. The summed E-state index contributed by atoms with van der Waals surface area (Å²) in [7, 11) is -4.33. The smallest absolute Gasteiger partial charge is 0.387 e. The maximum atomic E-state index is 12.6. The number of nitrogens with two attached hydrogens (primary N) is 1. The second-order valence-electron chi connectivity index (χ2n) is 11.0. The van der Waals surface area contributed by atoms with Crippen molar-refractivity contribution < 1.29 is 28.4 Å². The van der Waals surface area contributed by atoms with E-state index in [0.29, 0.717) is 6.42 Å². The molecule has 0 aromatic heterocycles. The van der Waals surface area contributed by atoms with Gasteiger partial charge in [0.1, 0.15) is 0 Å². The van der Waals surface area contributed by atoms with E-state index in [0.717, 1.165) is 38.5 Å². The minimum atomic E-state index is -4.33. The molecule has 0 saturated heterocycles. The molecular weight excluding hydrogens is 539 g/mol. The van der Waals surface area contributed by atoms with E-state index < -0.39 is 20.0 Å². The number of carbonyl (C=O) groups excluding carboxylic acids is 1. The molecule has 3 unspecified atom stereocenters. The van der Waals surface area contributed by atoms with Gasteiger partial charge in [-0.3, -0.25) is 13.8 Å². The molecule has 0 aliphatic heterocycles. The first-order valence-electron chi connectivity index (χ1n) is 16.5. The van der Waals surface area contributed by atoms with Crippen molar-refractivity contribution in [3.63, 3.8) is 0 Å². The summed E-state index contributed by atoms with van der Waals surface area (Å²) in [5.74, 6) is -0.209. The Hall–Kier alpha value is -1.02. The number of hydrogen-bond acceptors (Lipinski definition) is 6. The first-order valence-corrected chi connectivity index (χ1v) is 18.0. The van der Waals surface area contributed by atoms with E-state index in [1.54, 1.807) is 6.08 Å². The third-order valence-electron chi connectivity index (χ3n) is 7.03.